The minimum atomic E-state index is -0.398. The number of aromatic nitrogens is 1. The van der Waals surface area contributed by atoms with Crippen molar-refractivity contribution in [3.63, 3.8) is 0 Å². The highest BCUT2D eigenvalue weighted by molar-refractivity contribution is 5.89. The number of rotatable bonds is 6. The van der Waals surface area contributed by atoms with Crippen molar-refractivity contribution in [2.24, 2.45) is 5.18 Å². The van der Waals surface area contributed by atoms with Gasteiger partial charge in [0.15, 0.2) is 5.58 Å². The number of benzene rings is 3. The Hall–Kier alpha value is -4.00. The third kappa shape index (κ3) is 3.84. The molecule has 144 valence electrons. The first-order valence-electron chi connectivity index (χ1n) is 8.92. The molecule has 0 aliphatic heterocycles. The van der Waals surface area contributed by atoms with E-state index < -0.39 is 5.97 Å². The van der Waals surface area contributed by atoms with Crippen LogP contribution >= 0.6 is 0 Å². The van der Waals surface area contributed by atoms with Gasteiger partial charge in [0.2, 0.25) is 5.89 Å². The lowest BCUT2D eigenvalue weighted by Gasteiger charge is -2.10. The molecule has 0 aliphatic rings. The average molecular weight is 387 g/mol. The predicted molar refractivity (Wildman–Crippen MR) is 110 cm³/mol. The SMILES string of the molecule is COC(=O)c1cccc(CNc2ccc(-c3nc4ccccc4o3)cc2N=O)c1. The smallest absolute Gasteiger partial charge is 0.337 e. The number of fused-ring (bicyclic) bond motifs is 1. The summed E-state index contributed by atoms with van der Waals surface area (Å²) < 4.78 is 10.5. The summed E-state index contributed by atoms with van der Waals surface area (Å²) in [5, 5.41) is 6.30. The lowest BCUT2D eigenvalue weighted by atomic mass is 10.1. The number of esters is 1. The summed E-state index contributed by atoms with van der Waals surface area (Å²) in [7, 11) is 1.34. The zero-order chi connectivity index (χ0) is 20.2. The summed E-state index contributed by atoms with van der Waals surface area (Å²) in [5.74, 6) is 0.0261. The van der Waals surface area contributed by atoms with Crippen LogP contribution in [0.2, 0.25) is 0 Å². The van der Waals surface area contributed by atoms with E-state index in [2.05, 4.69) is 15.5 Å². The first kappa shape index (κ1) is 18.4. The number of nitroso groups, excluding NO2 is 1. The van der Waals surface area contributed by atoms with Crippen LogP contribution in [-0.2, 0) is 11.3 Å². The van der Waals surface area contributed by atoms with E-state index in [1.807, 2.05) is 36.4 Å². The van der Waals surface area contributed by atoms with Crippen LogP contribution in [0, 0.1) is 4.91 Å². The van der Waals surface area contributed by atoms with Gasteiger partial charge in [-0.1, -0.05) is 24.3 Å². The van der Waals surface area contributed by atoms with Crippen molar-refractivity contribution in [3.8, 4) is 11.5 Å². The Bertz CT molecular complexity index is 1170. The zero-order valence-corrected chi connectivity index (χ0v) is 15.6. The number of nitrogens with one attached hydrogen (secondary N) is 1. The number of oxazole rings is 1. The molecule has 4 aromatic rings. The number of ether oxygens (including phenoxy) is 1. The van der Waals surface area contributed by atoms with Crippen LogP contribution < -0.4 is 5.32 Å². The molecule has 0 spiro atoms. The molecule has 7 heteroatoms. The summed E-state index contributed by atoms with van der Waals surface area (Å²) in [4.78, 5) is 27.5. The summed E-state index contributed by atoms with van der Waals surface area (Å²) in [5.41, 5.74) is 4.23. The Morgan fingerprint density at radius 2 is 1.97 bits per heavy atom. The molecular weight excluding hydrogens is 370 g/mol. The van der Waals surface area contributed by atoms with E-state index in [9.17, 15) is 9.70 Å². The number of nitrogens with zero attached hydrogens (tertiary/aromatic N) is 2. The lowest BCUT2D eigenvalue weighted by Crippen LogP contribution is -2.04. The Morgan fingerprint density at radius 3 is 2.76 bits per heavy atom. The van der Waals surface area contributed by atoms with Crippen LogP contribution in [0.3, 0.4) is 0 Å². The van der Waals surface area contributed by atoms with Crippen molar-refractivity contribution in [3.05, 3.63) is 82.8 Å². The standard InChI is InChI=1S/C22H17N3O4/c1-28-22(26)16-6-4-5-14(11-16)13-23-17-10-9-15(12-19(17)25-27)21-24-18-7-2-3-8-20(18)29-21/h2-12,23H,13H2,1H3. The molecule has 0 saturated heterocycles. The Labute approximate surface area is 166 Å². The van der Waals surface area contributed by atoms with Crippen LogP contribution in [0.15, 0.2) is 76.3 Å². The average Bonchev–Trinajstić information content (AvgIpc) is 3.21. The van der Waals surface area contributed by atoms with E-state index >= 15 is 0 Å². The fraction of sp³-hybridized carbons (Fsp3) is 0.0909. The van der Waals surface area contributed by atoms with Gasteiger partial charge in [-0.3, -0.25) is 0 Å². The van der Waals surface area contributed by atoms with Gasteiger partial charge in [0, 0.05) is 12.1 Å². The molecule has 1 N–H and O–H groups in total. The van der Waals surface area contributed by atoms with Gasteiger partial charge >= 0.3 is 5.97 Å². The van der Waals surface area contributed by atoms with Crippen LogP contribution in [0.4, 0.5) is 11.4 Å². The quantitative estimate of drug-likeness (QED) is 0.357. The third-order valence-corrected chi connectivity index (χ3v) is 4.47. The number of para-hydroxylation sites is 2. The van der Waals surface area contributed by atoms with E-state index in [1.165, 1.54) is 7.11 Å². The largest absolute Gasteiger partial charge is 0.465 e. The van der Waals surface area contributed by atoms with Gasteiger partial charge in [0.25, 0.3) is 0 Å². The first-order chi connectivity index (χ1) is 14.2. The van der Waals surface area contributed by atoms with Crippen molar-refractivity contribution in [2.45, 2.75) is 6.54 Å². The van der Waals surface area contributed by atoms with Crippen LogP contribution in [0.25, 0.3) is 22.6 Å². The molecule has 0 radical (unpaired) electrons. The summed E-state index contributed by atoms with van der Waals surface area (Å²) >= 11 is 0. The maximum Gasteiger partial charge on any atom is 0.337 e. The fourth-order valence-electron chi connectivity index (χ4n) is 3.01. The van der Waals surface area contributed by atoms with E-state index in [0.717, 1.165) is 11.1 Å². The molecule has 29 heavy (non-hydrogen) atoms. The Kier molecular flexibility index (Phi) is 5.03. The third-order valence-electron chi connectivity index (χ3n) is 4.47. The number of hydrogen-bond donors (Lipinski definition) is 1. The van der Waals surface area contributed by atoms with E-state index in [-0.39, 0.29) is 5.69 Å². The zero-order valence-electron chi connectivity index (χ0n) is 15.6. The number of hydrogen-bond acceptors (Lipinski definition) is 7. The summed E-state index contributed by atoms with van der Waals surface area (Å²) in [6, 6.07) is 19.7. The van der Waals surface area contributed by atoms with Crippen molar-refractivity contribution in [2.75, 3.05) is 12.4 Å². The van der Waals surface area contributed by atoms with Gasteiger partial charge in [-0.2, -0.15) is 0 Å². The van der Waals surface area contributed by atoms with Crippen molar-refractivity contribution in [1.29, 1.82) is 0 Å². The highest BCUT2D eigenvalue weighted by atomic mass is 16.5. The molecule has 4 rings (SSSR count). The molecule has 0 amide bonds. The van der Waals surface area contributed by atoms with Crippen LogP contribution in [-0.4, -0.2) is 18.1 Å². The Balaban J connectivity index is 1.56. The topological polar surface area (TPSA) is 93.8 Å². The molecule has 0 fully saturated rings. The minimum absolute atomic E-state index is 0.244. The molecule has 0 bridgehead atoms. The molecule has 1 aromatic heterocycles. The maximum absolute atomic E-state index is 11.7. The number of methoxy groups -OCH3 is 1. The second-order valence-electron chi connectivity index (χ2n) is 6.36. The van der Waals surface area contributed by atoms with Crippen molar-refractivity contribution in [1.82, 2.24) is 4.98 Å². The predicted octanol–water partition coefficient (Wildman–Crippen LogP) is 5.29. The lowest BCUT2D eigenvalue weighted by molar-refractivity contribution is 0.0600. The van der Waals surface area contributed by atoms with Crippen molar-refractivity contribution < 1.29 is 13.9 Å². The molecule has 0 unspecified atom stereocenters. The highest BCUT2D eigenvalue weighted by Crippen LogP contribution is 2.32. The van der Waals surface area contributed by atoms with Gasteiger partial charge in [-0.05, 0) is 53.2 Å². The minimum Gasteiger partial charge on any atom is -0.465 e. The van der Waals surface area contributed by atoms with Gasteiger partial charge < -0.3 is 14.5 Å². The number of carbonyl (C=O) groups excluding carboxylic acids is 1. The summed E-state index contributed by atoms with van der Waals surface area (Å²) in [6.45, 7) is 0.412. The van der Waals surface area contributed by atoms with Gasteiger partial charge in [0.1, 0.15) is 11.2 Å². The highest BCUT2D eigenvalue weighted by Gasteiger charge is 2.12. The number of anilines is 1. The first-order valence-corrected chi connectivity index (χ1v) is 8.92. The summed E-state index contributed by atoms with van der Waals surface area (Å²) in [6.07, 6.45) is 0. The van der Waals surface area contributed by atoms with Gasteiger partial charge in [-0.25, -0.2) is 9.78 Å². The fourth-order valence-corrected chi connectivity index (χ4v) is 3.01. The molecule has 7 nitrogen and oxygen atoms in total. The molecular formula is C22H17N3O4. The van der Waals surface area contributed by atoms with Crippen LogP contribution in [0.1, 0.15) is 15.9 Å². The molecule has 3 aromatic carbocycles. The number of carbonyl (C=O) groups is 1. The normalized spacial score (nSPS) is 10.7. The Morgan fingerprint density at radius 1 is 1.10 bits per heavy atom. The molecule has 0 saturated carbocycles. The van der Waals surface area contributed by atoms with Gasteiger partial charge in [-0.15, -0.1) is 4.91 Å². The monoisotopic (exact) mass is 387 g/mol. The van der Waals surface area contributed by atoms with E-state index in [4.69, 9.17) is 9.15 Å². The molecule has 0 atom stereocenters. The second-order valence-corrected chi connectivity index (χ2v) is 6.36. The second kappa shape index (κ2) is 7.93. The van der Waals surface area contributed by atoms with E-state index in [0.29, 0.717) is 34.8 Å². The van der Waals surface area contributed by atoms with Gasteiger partial charge in [0.05, 0.1) is 18.4 Å². The van der Waals surface area contributed by atoms with Crippen molar-refractivity contribution >= 4 is 28.4 Å². The molecule has 1 heterocycles. The molecule has 0 aliphatic carbocycles. The van der Waals surface area contributed by atoms with E-state index in [1.54, 1.807) is 30.3 Å². The maximum atomic E-state index is 11.7. The van der Waals surface area contributed by atoms with Crippen LogP contribution in [0.5, 0.6) is 0 Å².